The second-order valence-corrected chi connectivity index (χ2v) is 8.09. The first-order valence-corrected chi connectivity index (χ1v) is 10.8. The molecule has 1 aromatic heterocycles. The molecule has 1 amide bonds. The van der Waals surface area contributed by atoms with Crippen molar-refractivity contribution in [2.75, 3.05) is 0 Å². The molecule has 33 heavy (non-hydrogen) atoms. The Morgan fingerprint density at radius 2 is 2.09 bits per heavy atom. The monoisotopic (exact) mass is 493 g/mol. The number of ether oxygens (including phenoxy) is 2. The summed E-state index contributed by atoms with van der Waals surface area (Å²) < 4.78 is 30.2. The third kappa shape index (κ3) is 5.26. The highest BCUT2D eigenvalue weighted by Gasteiger charge is 2.33. The first-order valence-electron chi connectivity index (χ1n) is 10.0. The van der Waals surface area contributed by atoms with Gasteiger partial charge in [0.25, 0.3) is 11.8 Å². The van der Waals surface area contributed by atoms with Gasteiger partial charge >= 0.3 is 0 Å². The smallest absolute Gasteiger partial charge is 0.262 e. The number of amides is 1. The third-order valence-electron chi connectivity index (χ3n) is 4.93. The average Bonchev–Trinajstić information content (AvgIpc) is 3.27. The second kappa shape index (κ2) is 9.76. The van der Waals surface area contributed by atoms with Gasteiger partial charge in [0.2, 0.25) is 5.89 Å². The first kappa shape index (κ1) is 23.0. The van der Waals surface area contributed by atoms with Crippen molar-refractivity contribution in [3.63, 3.8) is 0 Å². The molecule has 11 heteroatoms. The predicted octanol–water partition coefficient (Wildman–Crippen LogP) is 4.70. The predicted molar refractivity (Wildman–Crippen MR) is 116 cm³/mol. The Hall–Kier alpha value is -3.17. The molecule has 0 aliphatic carbocycles. The van der Waals surface area contributed by atoms with Crippen LogP contribution in [0.2, 0.25) is 10.0 Å². The highest BCUT2D eigenvalue weighted by Crippen LogP contribution is 2.30. The number of Topliss-reactive ketones (excluding diaryl/α,β-unsaturated/α-hetero) is 1. The highest BCUT2D eigenvalue weighted by molar-refractivity contribution is 6.31. The number of nitrogens with zero attached hydrogens (tertiary/aromatic N) is 2. The number of carbonyl (C=O) groups excluding carboxylic acids is 2. The van der Waals surface area contributed by atoms with Gasteiger partial charge < -0.3 is 19.2 Å². The van der Waals surface area contributed by atoms with Crippen LogP contribution >= 0.6 is 23.2 Å². The maximum atomic E-state index is 13.5. The Balaban J connectivity index is 1.38. The molecule has 2 aromatic carbocycles. The molecule has 0 spiro atoms. The summed E-state index contributed by atoms with van der Waals surface area (Å²) in [6.45, 7) is 1.73. The molecule has 2 atom stereocenters. The molecule has 2 unspecified atom stereocenters. The molecule has 172 valence electrons. The zero-order valence-electron chi connectivity index (χ0n) is 17.3. The molecule has 0 fully saturated rings. The van der Waals surface area contributed by atoms with E-state index < -0.39 is 23.9 Å². The van der Waals surface area contributed by atoms with Crippen LogP contribution in [-0.2, 0) is 11.4 Å². The fourth-order valence-corrected chi connectivity index (χ4v) is 3.51. The standard InChI is InChI=1S/C22H18Cl2FN3O5/c1-2-16(22-28-27-20(33-22)10-31-12-4-5-14(24)15(25)8-12)26-21(30)19-9-17(29)13-7-11(23)3-6-18(13)32-19/h3-8,16,19H,2,9-10H2,1H3,(H,26,30). The summed E-state index contributed by atoms with van der Waals surface area (Å²) in [5, 5.41) is 11.0. The van der Waals surface area contributed by atoms with Crippen molar-refractivity contribution in [2.24, 2.45) is 0 Å². The van der Waals surface area contributed by atoms with Crippen molar-refractivity contribution >= 4 is 34.9 Å². The molecule has 0 radical (unpaired) electrons. The van der Waals surface area contributed by atoms with E-state index in [1.807, 2.05) is 6.92 Å². The van der Waals surface area contributed by atoms with Crippen LogP contribution in [0.5, 0.6) is 11.5 Å². The lowest BCUT2D eigenvalue weighted by molar-refractivity contribution is -0.129. The Labute approximate surface area is 198 Å². The van der Waals surface area contributed by atoms with E-state index in [1.165, 1.54) is 18.2 Å². The lowest BCUT2D eigenvalue weighted by Crippen LogP contribution is -2.43. The van der Waals surface area contributed by atoms with E-state index in [9.17, 15) is 14.0 Å². The Kier molecular flexibility index (Phi) is 6.80. The van der Waals surface area contributed by atoms with Crippen LogP contribution in [0.3, 0.4) is 0 Å². The van der Waals surface area contributed by atoms with Crippen LogP contribution in [0.4, 0.5) is 4.39 Å². The lowest BCUT2D eigenvalue weighted by atomic mass is 10.00. The van der Waals surface area contributed by atoms with Crippen molar-refractivity contribution in [1.29, 1.82) is 0 Å². The highest BCUT2D eigenvalue weighted by atomic mass is 35.5. The quantitative estimate of drug-likeness (QED) is 0.508. The molecule has 0 bridgehead atoms. The Bertz CT molecular complexity index is 1200. The number of halogens is 3. The third-order valence-corrected chi connectivity index (χ3v) is 5.47. The van der Waals surface area contributed by atoms with Crippen LogP contribution in [0.15, 0.2) is 40.8 Å². The zero-order valence-corrected chi connectivity index (χ0v) is 18.8. The molecule has 4 rings (SSSR count). The molecule has 2 heterocycles. The van der Waals surface area contributed by atoms with Gasteiger partial charge in [0.1, 0.15) is 23.4 Å². The van der Waals surface area contributed by atoms with Crippen molar-refractivity contribution in [2.45, 2.75) is 38.5 Å². The normalized spacial score (nSPS) is 16.0. The summed E-state index contributed by atoms with van der Waals surface area (Å²) in [4.78, 5) is 25.2. The molecule has 3 aromatic rings. The average molecular weight is 494 g/mol. The number of nitrogens with one attached hydrogen (secondary N) is 1. The Morgan fingerprint density at radius 3 is 2.85 bits per heavy atom. The minimum Gasteiger partial charge on any atom is -0.484 e. The van der Waals surface area contributed by atoms with Crippen LogP contribution in [-0.4, -0.2) is 28.0 Å². The SMILES string of the molecule is CCC(NC(=O)C1CC(=O)c2cc(Cl)ccc2O1)c1nnc(COc2ccc(Cl)c(F)c2)o1. The minimum absolute atomic E-state index is 0.0140. The van der Waals surface area contributed by atoms with Crippen molar-refractivity contribution in [3.8, 4) is 11.5 Å². The van der Waals surface area contributed by atoms with E-state index in [-0.39, 0.29) is 41.4 Å². The fourth-order valence-electron chi connectivity index (χ4n) is 3.22. The number of hydrogen-bond donors (Lipinski definition) is 1. The van der Waals surface area contributed by atoms with E-state index in [0.29, 0.717) is 22.8 Å². The van der Waals surface area contributed by atoms with E-state index >= 15 is 0 Å². The van der Waals surface area contributed by atoms with E-state index in [0.717, 1.165) is 6.07 Å². The maximum absolute atomic E-state index is 13.5. The number of aromatic nitrogens is 2. The summed E-state index contributed by atoms with van der Waals surface area (Å²) >= 11 is 11.6. The number of rotatable bonds is 7. The largest absolute Gasteiger partial charge is 0.484 e. The minimum atomic E-state index is -0.995. The number of benzene rings is 2. The molecule has 8 nitrogen and oxygen atoms in total. The lowest BCUT2D eigenvalue weighted by Gasteiger charge is -2.25. The Morgan fingerprint density at radius 1 is 1.27 bits per heavy atom. The summed E-state index contributed by atoms with van der Waals surface area (Å²) in [5.74, 6) is -0.462. The molecule has 0 saturated carbocycles. The van der Waals surface area contributed by atoms with Crippen LogP contribution in [0, 0.1) is 5.82 Å². The molecular weight excluding hydrogens is 476 g/mol. The molecule has 1 aliphatic rings. The van der Waals surface area contributed by atoms with Gasteiger partial charge in [-0.3, -0.25) is 9.59 Å². The number of hydrogen-bond acceptors (Lipinski definition) is 7. The topological polar surface area (TPSA) is 104 Å². The van der Waals surface area contributed by atoms with Gasteiger partial charge in [0.15, 0.2) is 18.5 Å². The van der Waals surface area contributed by atoms with Gasteiger partial charge in [-0.25, -0.2) is 4.39 Å². The van der Waals surface area contributed by atoms with Crippen molar-refractivity contribution in [1.82, 2.24) is 15.5 Å². The van der Waals surface area contributed by atoms with Crippen LogP contribution in [0.25, 0.3) is 0 Å². The van der Waals surface area contributed by atoms with Crippen molar-refractivity contribution < 1.29 is 27.9 Å². The van der Waals surface area contributed by atoms with Gasteiger partial charge in [-0.05, 0) is 36.8 Å². The van der Waals surface area contributed by atoms with Gasteiger partial charge in [-0.1, -0.05) is 30.1 Å². The zero-order chi connectivity index (χ0) is 23.5. The van der Waals surface area contributed by atoms with Crippen molar-refractivity contribution in [3.05, 3.63) is 69.6 Å². The maximum Gasteiger partial charge on any atom is 0.262 e. The van der Waals surface area contributed by atoms with E-state index in [2.05, 4.69) is 15.5 Å². The summed E-state index contributed by atoms with van der Waals surface area (Å²) in [6, 6.07) is 8.09. The van der Waals surface area contributed by atoms with Gasteiger partial charge in [0.05, 0.1) is 17.0 Å². The molecule has 0 saturated heterocycles. The molecular formula is C22H18Cl2FN3O5. The number of carbonyl (C=O) groups is 2. The summed E-state index contributed by atoms with van der Waals surface area (Å²) in [7, 11) is 0. The first-order chi connectivity index (χ1) is 15.8. The van der Waals surface area contributed by atoms with E-state index in [1.54, 1.807) is 12.1 Å². The summed E-state index contributed by atoms with van der Waals surface area (Å²) in [6.07, 6.45) is -0.662. The molecule has 1 N–H and O–H groups in total. The van der Waals surface area contributed by atoms with E-state index in [4.69, 9.17) is 37.1 Å². The van der Waals surface area contributed by atoms with Gasteiger partial charge in [-0.15, -0.1) is 10.2 Å². The number of fused-ring (bicyclic) bond motifs is 1. The second-order valence-electron chi connectivity index (χ2n) is 7.24. The summed E-state index contributed by atoms with van der Waals surface area (Å²) in [5.41, 5.74) is 0.348. The van der Waals surface area contributed by atoms with Gasteiger partial charge in [0, 0.05) is 11.1 Å². The molecule has 1 aliphatic heterocycles. The van der Waals surface area contributed by atoms with Crippen LogP contribution < -0.4 is 14.8 Å². The van der Waals surface area contributed by atoms with Crippen LogP contribution in [0.1, 0.15) is 47.9 Å². The fraction of sp³-hybridized carbons (Fsp3) is 0.273. The van der Waals surface area contributed by atoms with Gasteiger partial charge in [-0.2, -0.15) is 0 Å². The number of ketones is 1.